The lowest BCUT2D eigenvalue weighted by Gasteiger charge is -2.18. The Bertz CT molecular complexity index is 1160. The summed E-state index contributed by atoms with van der Waals surface area (Å²) >= 11 is 0. The number of nitrogens with zero attached hydrogens (tertiary/aromatic N) is 5. The maximum absolute atomic E-state index is 11.3. The molecule has 4 aromatic rings. The maximum Gasteiger partial charge on any atom is 0.341 e. The van der Waals surface area contributed by atoms with Crippen LogP contribution in [0, 0.1) is 0 Å². The number of rotatable bonds is 8. The highest BCUT2D eigenvalue weighted by Gasteiger charge is 2.17. The largest absolute Gasteiger partial charge is 0.477 e. The van der Waals surface area contributed by atoms with E-state index in [0.717, 1.165) is 35.2 Å². The fraction of sp³-hybridized carbons (Fsp3) is 0.174. The van der Waals surface area contributed by atoms with Crippen LogP contribution in [0.15, 0.2) is 73.1 Å². The van der Waals surface area contributed by atoms with Crippen LogP contribution in [-0.4, -0.2) is 38.2 Å². The SMILES string of the molecule is CCCN(Cc1ccc(-c2ccccc2-c2nn[nH]n2)cc1)[n+]1cccc(C(=O)O)c1. The summed E-state index contributed by atoms with van der Waals surface area (Å²) in [5.41, 5.74) is 4.40. The van der Waals surface area contributed by atoms with Gasteiger partial charge in [0.15, 0.2) is 6.20 Å². The average molecular weight is 415 g/mol. The number of hydrogen-bond donors (Lipinski definition) is 2. The van der Waals surface area contributed by atoms with Gasteiger partial charge in [-0.3, -0.25) is 0 Å². The molecule has 0 aliphatic rings. The van der Waals surface area contributed by atoms with E-state index in [4.69, 9.17) is 0 Å². The third-order valence-corrected chi connectivity index (χ3v) is 4.98. The van der Waals surface area contributed by atoms with Crippen molar-refractivity contribution in [2.75, 3.05) is 11.6 Å². The standard InChI is InChI=1S/C23H22N6O2/c1-2-13-28(29-14-5-6-19(16-29)23(30)31)15-17-9-11-18(12-10-17)20-7-3-4-8-21(20)22-24-26-27-25-22/h3-12,14,16H,2,13,15H2,1H3,(H-,24,25,26,27,30,31)/p+1. The third kappa shape index (κ3) is 4.58. The number of benzene rings is 2. The summed E-state index contributed by atoms with van der Waals surface area (Å²) in [5.74, 6) is -0.376. The zero-order chi connectivity index (χ0) is 21.6. The summed E-state index contributed by atoms with van der Waals surface area (Å²) in [6.45, 7) is 3.57. The van der Waals surface area contributed by atoms with Gasteiger partial charge in [0, 0.05) is 11.6 Å². The summed E-state index contributed by atoms with van der Waals surface area (Å²) in [6, 6.07) is 19.6. The van der Waals surface area contributed by atoms with Crippen LogP contribution in [0.4, 0.5) is 0 Å². The quantitative estimate of drug-likeness (QED) is 0.429. The van der Waals surface area contributed by atoms with Crippen LogP contribution in [0.25, 0.3) is 22.5 Å². The van der Waals surface area contributed by atoms with Gasteiger partial charge in [-0.15, -0.1) is 10.2 Å². The first-order chi connectivity index (χ1) is 15.2. The van der Waals surface area contributed by atoms with Crippen LogP contribution >= 0.6 is 0 Å². The van der Waals surface area contributed by atoms with Crippen molar-refractivity contribution >= 4 is 5.97 Å². The molecule has 0 aliphatic heterocycles. The second-order valence-corrected chi connectivity index (χ2v) is 7.14. The Morgan fingerprint density at radius 1 is 1.06 bits per heavy atom. The van der Waals surface area contributed by atoms with Crippen LogP contribution in [0.2, 0.25) is 0 Å². The van der Waals surface area contributed by atoms with E-state index in [9.17, 15) is 9.90 Å². The van der Waals surface area contributed by atoms with Gasteiger partial charge in [0.25, 0.3) is 0 Å². The zero-order valence-electron chi connectivity index (χ0n) is 17.1. The van der Waals surface area contributed by atoms with Crippen LogP contribution in [0.3, 0.4) is 0 Å². The van der Waals surface area contributed by atoms with Crippen molar-refractivity contribution in [3.05, 3.63) is 84.2 Å². The minimum absolute atomic E-state index is 0.261. The molecule has 0 saturated carbocycles. The first-order valence-electron chi connectivity index (χ1n) is 10.1. The zero-order valence-corrected chi connectivity index (χ0v) is 17.1. The summed E-state index contributed by atoms with van der Waals surface area (Å²) < 4.78 is 1.85. The van der Waals surface area contributed by atoms with E-state index in [2.05, 4.69) is 56.8 Å². The minimum atomic E-state index is -0.935. The van der Waals surface area contributed by atoms with Crippen molar-refractivity contribution in [2.45, 2.75) is 19.9 Å². The fourth-order valence-electron chi connectivity index (χ4n) is 3.51. The topological polar surface area (TPSA) is 98.9 Å². The predicted molar refractivity (Wildman–Crippen MR) is 116 cm³/mol. The Hall–Kier alpha value is -4.07. The Labute approximate surface area is 179 Å². The predicted octanol–water partition coefficient (Wildman–Crippen LogP) is 3.07. The molecule has 8 heteroatoms. The molecule has 0 fully saturated rings. The third-order valence-electron chi connectivity index (χ3n) is 4.98. The van der Waals surface area contributed by atoms with Gasteiger partial charge < -0.3 is 5.11 Å². The summed E-state index contributed by atoms with van der Waals surface area (Å²) in [7, 11) is 0. The molecule has 0 saturated heterocycles. The van der Waals surface area contributed by atoms with Crippen LogP contribution < -0.4 is 9.69 Å². The number of aromatic nitrogens is 5. The van der Waals surface area contributed by atoms with E-state index in [0.29, 0.717) is 12.4 Å². The van der Waals surface area contributed by atoms with Crippen molar-refractivity contribution < 1.29 is 14.6 Å². The molecule has 2 aromatic heterocycles. The molecule has 8 nitrogen and oxygen atoms in total. The van der Waals surface area contributed by atoms with Crippen molar-refractivity contribution in [3.8, 4) is 22.5 Å². The Morgan fingerprint density at radius 3 is 2.52 bits per heavy atom. The molecule has 0 unspecified atom stereocenters. The number of aromatic amines is 1. The lowest BCUT2D eigenvalue weighted by Crippen LogP contribution is -2.57. The van der Waals surface area contributed by atoms with E-state index in [1.807, 2.05) is 35.1 Å². The molecule has 0 amide bonds. The normalized spacial score (nSPS) is 10.7. The average Bonchev–Trinajstić information content (AvgIpc) is 3.34. The molecule has 0 aliphatic carbocycles. The molecule has 31 heavy (non-hydrogen) atoms. The van der Waals surface area contributed by atoms with E-state index < -0.39 is 5.97 Å². The maximum atomic E-state index is 11.3. The van der Waals surface area contributed by atoms with E-state index in [1.165, 1.54) is 0 Å². The molecule has 2 N–H and O–H groups in total. The number of pyridine rings is 1. The highest BCUT2D eigenvalue weighted by molar-refractivity contribution is 5.86. The van der Waals surface area contributed by atoms with Gasteiger partial charge in [0.05, 0.1) is 13.1 Å². The van der Waals surface area contributed by atoms with Gasteiger partial charge >= 0.3 is 5.97 Å². The minimum Gasteiger partial charge on any atom is -0.477 e. The molecule has 4 rings (SSSR count). The Balaban J connectivity index is 1.58. The van der Waals surface area contributed by atoms with Gasteiger partial charge in [0.1, 0.15) is 5.56 Å². The smallest absolute Gasteiger partial charge is 0.341 e. The summed E-state index contributed by atoms with van der Waals surface area (Å²) in [6.07, 6.45) is 4.46. The van der Waals surface area contributed by atoms with Gasteiger partial charge in [-0.05, 0) is 34.4 Å². The Kier molecular flexibility index (Phi) is 5.98. The van der Waals surface area contributed by atoms with Gasteiger partial charge in [-0.2, -0.15) is 10.2 Å². The van der Waals surface area contributed by atoms with E-state index in [-0.39, 0.29) is 5.56 Å². The molecule has 2 aromatic carbocycles. The van der Waals surface area contributed by atoms with Crippen LogP contribution in [-0.2, 0) is 6.54 Å². The van der Waals surface area contributed by atoms with Crippen molar-refractivity contribution in [3.63, 3.8) is 0 Å². The van der Waals surface area contributed by atoms with Crippen LogP contribution in [0.1, 0.15) is 29.3 Å². The fourth-order valence-corrected chi connectivity index (χ4v) is 3.51. The second-order valence-electron chi connectivity index (χ2n) is 7.14. The van der Waals surface area contributed by atoms with Crippen LogP contribution in [0.5, 0.6) is 0 Å². The number of hydrogen-bond acceptors (Lipinski definition) is 5. The molecular weight excluding hydrogens is 392 g/mol. The monoisotopic (exact) mass is 415 g/mol. The number of carboxylic acids is 1. The lowest BCUT2D eigenvalue weighted by molar-refractivity contribution is -0.695. The molecule has 0 radical (unpaired) electrons. The van der Waals surface area contributed by atoms with Gasteiger partial charge in [-0.1, -0.05) is 60.1 Å². The molecule has 156 valence electrons. The van der Waals surface area contributed by atoms with Gasteiger partial charge in [-0.25, -0.2) is 4.79 Å². The van der Waals surface area contributed by atoms with Crippen molar-refractivity contribution in [1.82, 2.24) is 20.6 Å². The Morgan fingerprint density at radius 2 is 1.84 bits per heavy atom. The summed E-state index contributed by atoms with van der Waals surface area (Å²) in [5, 5.41) is 25.8. The summed E-state index contributed by atoms with van der Waals surface area (Å²) in [4.78, 5) is 11.3. The number of tetrazole rings is 1. The second kappa shape index (κ2) is 9.17. The number of H-pyrrole nitrogens is 1. The highest BCUT2D eigenvalue weighted by atomic mass is 16.4. The number of aromatic carboxylic acids is 1. The molecular formula is C23H23N6O2+. The molecule has 0 atom stereocenters. The first-order valence-corrected chi connectivity index (χ1v) is 10.1. The number of carbonyl (C=O) groups is 1. The van der Waals surface area contributed by atoms with Crippen molar-refractivity contribution in [2.24, 2.45) is 0 Å². The first kappa shape index (κ1) is 20.2. The van der Waals surface area contributed by atoms with Crippen molar-refractivity contribution in [1.29, 1.82) is 0 Å². The highest BCUT2D eigenvalue weighted by Crippen LogP contribution is 2.29. The number of nitrogens with one attached hydrogen (secondary N) is 1. The lowest BCUT2D eigenvalue weighted by atomic mass is 9.98. The molecule has 0 bridgehead atoms. The molecule has 2 heterocycles. The van der Waals surface area contributed by atoms with Gasteiger partial charge in [0.2, 0.25) is 12.0 Å². The van der Waals surface area contributed by atoms with E-state index in [1.54, 1.807) is 18.3 Å². The van der Waals surface area contributed by atoms with E-state index >= 15 is 0 Å². The number of carboxylic acid groups (broad SMARTS) is 1. The molecule has 0 spiro atoms.